The molecule has 1 N–H and O–H groups in total. The molecule has 1 atom stereocenters. The molecule has 1 fully saturated rings. The molecule has 8 heteroatoms. The first-order valence-corrected chi connectivity index (χ1v) is 6.59. The summed E-state index contributed by atoms with van der Waals surface area (Å²) in [6, 6.07) is 3.58. The van der Waals surface area contributed by atoms with E-state index in [1.54, 1.807) is 11.0 Å². The summed E-state index contributed by atoms with van der Waals surface area (Å²) in [4.78, 5) is 27.1. The summed E-state index contributed by atoms with van der Waals surface area (Å²) in [6.07, 6.45) is 3.06. The van der Waals surface area contributed by atoms with Crippen LogP contribution in [0.4, 0.5) is 11.5 Å². The van der Waals surface area contributed by atoms with Crippen molar-refractivity contribution < 1.29 is 14.8 Å². The molecule has 0 saturated carbocycles. The SMILES string of the molecule is N#Cc1nc(N2CCCCCC2C(=O)O)ccc1[N+](=O)[O-]. The lowest BCUT2D eigenvalue weighted by Crippen LogP contribution is -2.41. The maximum absolute atomic E-state index is 11.4. The number of nitro groups is 1. The van der Waals surface area contributed by atoms with E-state index >= 15 is 0 Å². The first kappa shape index (κ1) is 14.7. The van der Waals surface area contributed by atoms with Gasteiger partial charge in [-0.3, -0.25) is 10.1 Å². The Morgan fingerprint density at radius 3 is 2.86 bits per heavy atom. The Morgan fingerprint density at radius 2 is 2.24 bits per heavy atom. The number of carbonyl (C=O) groups is 1. The highest BCUT2D eigenvalue weighted by Crippen LogP contribution is 2.26. The molecule has 1 unspecified atom stereocenters. The molecular formula is C13H14N4O4. The lowest BCUT2D eigenvalue weighted by Gasteiger charge is -2.27. The third-order valence-corrected chi connectivity index (χ3v) is 3.49. The number of pyridine rings is 1. The van der Waals surface area contributed by atoms with Gasteiger partial charge in [0.2, 0.25) is 5.69 Å². The summed E-state index contributed by atoms with van der Waals surface area (Å²) in [5.41, 5.74) is -0.672. The molecule has 0 aliphatic carbocycles. The van der Waals surface area contributed by atoms with Gasteiger partial charge in [0, 0.05) is 12.6 Å². The quantitative estimate of drug-likeness (QED) is 0.664. The summed E-state index contributed by atoms with van der Waals surface area (Å²) in [7, 11) is 0. The van der Waals surface area contributed by atoms with Gasteiger partial charge in [-0.25, -0.2) is 9.78 Å². The Hall–Kier alpha value is -2.69. The predicted octanol–water partition coefficient (Wildman–Crippen LogP) is 1.70. The number of nitrogens with zero attached hydrogens (tertiary/aromatic N) is 4. The summed E-state index contributed by atoms with van der Waals surface area (Å²) in [6.45, 7) is 0.507. The van der Waals surface area contributed by atoms with E-state index in [-0.39, 0.29) is 11.4 Å². The van der Waals surface area contributed by atoms with Crippen molar-refractivity contribution in [2.75, 3.05) is 11.4 Å². The largest absolute Gasteiger partial charge is 0.480 e. The molecule has 0 aromatic carbocycles. The standard InChI is InChI=1S/C13H14N4O4/c14-8-9-10(17(20)21)5-6-12(15-9)16-7-3-1-2-4-11(16)13(18)19/h5-6,11H,1-4,7H2,(H,18,19). The number of carboxylic acids is 1. The van der Waals surface area contributed by atoms with Crippen molar-refractivity contribution in [1.29, 1.82) is 5.26 Å². The molecule has 0 spiro atoms. The van der Waals surface area contributed by atoms with Crippen LogP contribution in [0.2, 0.25) is 0 Å². The first-order chi connectivity index (χ1) is 10.0. The summed E-state index contributed by atoms with van der Waals surface area (Å²) < 4.78 is 0. The number of rotatable bonds is 3. The van der Waals surface area contributed by atoms with Crippen molar-refractivity contribution in [3.63, 3.8) is 0 Å². The summed E-state index contributed by atoms with van der Waals surface area (Å²) in [5, 5.41) is 29.1. The molecular weight excluding hydrogens is 276 g/mol. The Labute approximate surface area is 120 Å². The number of nitriles is 1. The second kappa shape index (κ2) is 6.17. The van der Waals surface area contributed by atoms with Crippen LogP contribution in [0.1, 0.15) is 31.4 Å². The zero-order chi connectivity index (χ0) is 15.4. The molecule has 1 aromatic heterocycles. The number of carboxylic acid groups (broad SMARTS) is 1. The van der Waals surface area contributed by atoms with E-state index in [0.717, 1.165) is 19.3 Å². The van der Waals surface area contributed by atoms with E-state index in [4.69, 9.17) is 5.26 Å². The smallest absolute Gasteiger partial charge is 0.326 e. The topological polar surface area (TPSA) is 120 Å². The van der Waals surface area contributed by atoms with Gasteiger partial charge < -0.3 is 10.0 Å². The maximum Gasteiger partial charge on any atom is 0.326 e. The molecule has 110 valence electrons. The van der Waals surface area contributed by atoms with Crippen molar-refractivity contribution >= 4 is 17.5 Å². The van der Waals surface area contributed by atoms with Crippen molar-refractivity contribution in [3.05, 3.63) is 27.9 Å². The van der Waals surface area contributed by atoms with E-state index in [0.29, 0.717) is 18.8 Å². The van der Waals surface area contributed by atoms with Crippen LogP contribution in [-0.2, 0) is 4.79 Å². The molecule has 0 bridgehead atoms. The molecule has 2 rings (SSSR count). The van der Waals surface area contributed by atoms with Gasteiger partial charge in [-0.1, -0.05) is 12.8 Å². The second-order valence-corrected chi connectivity index (χ2v) is 4.80. The molecule has 21 heavy (non-hydrogen) atoms. The Bertz CT molecular complexity index is 611. The van der Waals surface area contributed by atoms with Gasteiger partial charge in [-0.15, -0.1) is 0 Å². The molecule has 1 aromatic rings. The van der Waals surface area contributed by atoms with Crippen molar-refractivity contribution in [2.24, 2.45) is 0 Å². The molecule has 0 radical (unpaired) electrons. The minimum Gasteiger partial charge on any atom is -0.480 e. The van der Waals surface area contributed by atoms with Crippen LogP contribution in [0, 0.1) is 21.4 Å². The minimum absolute atomic E-state index is 0.298. The average molecular weight is 290 g/mol. The zero-order valence-electron chi connectivity index (χ0n) is 11.2. The predicted molar refractivity (Wildman–Crippen MR) is 72.8 cm³/mol. The van der Waals surface area contributed by atoms with E-state index in [2.05, 4.69) is 4.98 Å². The van der Waals surface area contributed by atoms with E-state index in [1.807, 2.05) is 0 Å². The highest BCUT2D eigenvalue weighted by molar-refractivity contribution is 5.78. The fourth-order valence-corrected chi connectivity index (χ4v) is 2.47. The fourth-order valence-electron chi connectivity index (χ4n) is 2.47. The lowest BCUT2D eigenvalue weighted by atomic mass is 10.1. The second-order valence-electron chi connectivity index (χ2n) is 4.80. The van der Waals surface area contributed by atoms with Crippen LogP contribution in [0.3, 0.4) is 0 Å². The Morgan fingerprint density at radius 1 is 1.48 bits per heavy atom. The highest BCUT2D eigenvalue weighted by Gasteiger charge is 2.29. The van der Waals surface area contributed by atoms with Crippen molar-refractivity contribution in [3.8, 4) is 6.07 Å². The average Bonchev–Trinajstić information content (AvgIpc) is 2.72. The fraction of sp³-hybridized carbons (Fsp3) is 0.462. The number of anilines is 1. The van der Waals surface area contributed by atoms with Crippen LogP contribution < -0.4 is 4.90 Å². The van der Waals surface area contributed by atoms with Crippen LogP contribution in [-0.4, -0.2) is 33.6 Å². The van der Waals surface area contributed by atoms with Crippen LogP contribution in [0.25, 0.3) is 0 Å². The van der Waals surface area contributed by atoms with E-state index < -0.39 is 16.9 Å². The van der Waals surface area contributed by atoms with E-state index in [1.165, 1.54) is 12.1 Å². The number of aliphatic carboxylic acids is 1. The van der Waals surface area contributed by atoms with Gasteiger partial charge >= 0.3 is 11.7 Å². The third kappa shape index (κ3) is 3.08. The van der Waals surface area contributed by atoms with E-state index in [9.17, 15) is 20.0 Å². The van der Waals surface area contributed by atoms with Crippen LogP contribution in [0.15, 0.2) is 12.1 Å². The molecule has 0 amide bonds. The molecule has 8 nitrogen and oxygen atoms in total. The maximum atomic E-state index is 11.4. The van der Waals surface area contributed by atoms with Gasteiger partial charge in [-0.05, 0) is 18.9 Å². The van der Waals surface area contributed by atoms with Gasteiger partial charge in [0.15, 0.2) is 0 Å². The Kier molecular flexibility index (Phi) is 4.33. The van der Waals surface area contributed by atoms with Crippen LogP contribution in [0.5, 0.6) is 0 Å². The Balaban J connectivity index is 2.41. The van der Waals surface area contributed by atoms with Gasteiger partial charge in [0.05, 0.1) is 4.92 Å². The summed E-state index contributed by atoms with van der Waals surface area (Å²) in [5.74, 6) is -0.651. The van der Waals surface area contributed by atoms with Crippen LogP contribution >= 0.6 is 0 Å². The third-order valence-electron chi connectivity index (χ3n) is 3.49. The number of hydrogen-bond donors (Lipinski definition) is 1. The van der Waals surface area contributed by atoms with Crippen molar-refractivity contribution in [2.45, 2.75) is 31.7 Å². The highest BCUT2D eigenvalue weighted by atomic mass is 16.6. The number of aromatic nitrogens is 1. The van der Waals surface area contributed by atoms with Gasteiger partial charge in [0.25, 0.3) is 0 Å². The first-order valence-electron chi connectivity index (χ1n) is 6.59. The summed E-state index contributed by atoms with van der Waals surface area (Å²) >= 11 is 0. The zero-order valence-corrected chi connectivity index (χ0v) is 11.2. The van der Waals surface area contributed by atoms with Gasteiger partial charge in [-0.2, -0.15) is 5.26 Å². The number of hydrogen-bond acceptors (Lipinski definition) is 6. The lowest BCUT2D eigenvalue weighted by molar-refractivity contribution is -0.385. The normalized spacial score (nSPS) is 18.6. The minimum atomic E-state index is -0.949. The molecule has 2 heterocycles. The molecule has 1 aliphatic heterocycles. The molecule has 1 saturated heterocycles. The molecule has 1 aliphatic rings. The van der Waals surface area contributed by atoms with Gasteiger partial charge in [0.1, 0.15) is 17.9 Å². The monoisotopic (exact) mass is 290 g/mol. The van der Waals surface area contributed by atoms with Crippen molar-refractivity contribution in [1.82, 2.24) is 4.98 Å².